The first-order valence-electron chi connectivity index (χ1n) is 5.62. The number of unbranched alkanes of at least 4 members (excludes halogenated alkanes) is 1. The average molecular weight is 201 g/mol. The van der Waals surface area contributed by atoms with E-state index in [1.54, 1.807) is 0 Å². The Balaban J connectivity index is 3.50. The van der Waals surface area contributed by atoms with E-state index >= 15 is 0 Å². The summed E-state index contributed by atoms with van der Waals surface area (Å²) in [5, 5.41) is 0. The molecule has 0 unspecified atom stereocenters. The highest BCUT2D eigenvalue weighted by Gasteiger charge is 2.18. The lowest BCUT2D eigenvalue weighted by Gasteiger charge is -2.22. The maximum Gasteiger partial charge on any atom is 0.0474 e. The van der Waals surface area contributed by atoms with Crippen molar-refractivity contribution >= 4 is 8.07 Å². The molecule has 0 N–H and O–H groups in total. The molecule has 1 nitrogen and oxygen atoms in total. The SMILES string of the molecule is CCCC[Si](C)(C)CCCN(C)C. The molecule has 0 aliphatic heterocycles. The zero-order chi connectivity index (χ0) is 10.3. The standard InChI is InChI=1S/C11H27NSi/c1-6-7-10-13(4,5)11-8-9-12(2)3/h6-11H2,1-5H3. The molecule has 13 heavy (non-hydrogen) atoms. The molecule has 0 heterocycles. The van der Waals surface area contributed by atoms with Crippen LogP contribution in [0.3, 0.4) is 0 Å². The predicted octanol–water partition coefficient (Wildman–Crippen LogP) is 3.45. The third-order valence-electron chi connectivity index (χ3n) is 2.67. The summed E-state index contributed by atoms with van der Waals surface area (Å²) in [6.45, 7) is 8.64. The summed E-state index contributed by atoms with van der Waals surface area (Å²) in [7, 11) is 3.52. The van der Waals surface area contributed by atoms with Gasteiger partial charge in [-0.25, -0.2) is 0 Å². The number of nitrogens with zero attached hydrogens (tertiary/aromatic N) is 1. The first kappa shape index (κ1) is 13.2. The van der Waals surface area contributed by atoms with Crippen LogP contribution in [-0.2, 0) is 0 Å². The van der Waals surface area contributed by atoms with Crippen molar-refractivity contribution in [3.8, 4) is 0 Å². The molecule has 0 rings (SSSR count). The van der Waals surface area contributed by atoms with Gasteiger partial charge in [-0.15, -0.1) is 0 Å². The second-order valence-corrected chi connectivity index (χ2v) is 10.5. The van der Waals surface area contributed by atoms with E-state index in [1.807, 2.05) is 0 Å². The number of hydrogen-bond donors (Lipinski definition) is 0. The van der Waals surface area contributed by atoms with Gasteiger partial charge < -0.3 is 4.90 Å². The molecule has 0 aliphatic carbocycles. The molecular formula is C11H27NSi. The van der Waals surface area contributed by atoms with E-state index in [4.69, 9.17) is 0 Å². The van der Waals surface area contributed by atoms with Crippen LogP contribution in [0.1, 0.15) is 26.2 Å². The normalized spacial score (nSPS) is 12.5. The zero-order valence-electron chi connectivity index (χ0n) is 10.2. The minimum absolute atomic E-state index is 0.818. The third-order valence-corrected chi connectivity index (χ3v) is 6.08. The smallest absolute Gasteiger partial charge is 0.0474 e. The molecule has 0 saturated carbocycles. The fourth-order valence-electron chi connectivity index (χ4n) is 1.65. The summed E-state index contributed by atoms with van der Waals surface area (Å²) >= 11 is 0. The lowest BCUT2D eigenvalue weighted by Crippen LogP contribution is -2.26. The molecule has 0 aromatic heterocycles. The van der Waals surface area contributed by atoms with Gasteiger partial charge >= 0.3 is 0 Å². The lowest BCUT2D eigenvalue weighted by molar-refractivity contribution is 0.407. The Kier molecular flexibility index (Phi) is 6.69. The van der Waals surface area contributed by atoms with Gasteiger partial charge in [-0.2, -0.15) is 0 Å². The van der Waals surface area contributed by atoms with Crippen molar-refractivity contribution in [1.29, 1.82) is 0 Å². The molecule has 0 spiro atoms. The van der Waals surface area contributed by atoms with Crippen molar-refractivity contribution in [3.63, 3.8) is 0 Å². The van der Waals surface area contributed by atoms with E-state index in [9.17, 15) is 0 Å². The van der Waals surface area contributed by atoms with E-state index < -0.39 is 8.07 Å². The topological polar surface area (TPSA) is 3.24 Å². The largest absolute Gasteiger partial charge is 0.309 e. The van der Waals surface area contributed by atoms with Crippen LogP contribution in [0.5, 0.6) is 0 Å². The van der Waals surface area contributed by atoms with E-state index in [0.29, 0.717) is 0 Å². The maximum absolute atomic E-state index is 2.54. The molecule has 0 atom stereocenters. The van der Waals surface area contributed by atoms with Gasteiger partial charge in [0.05, 0.1) is 0 Å². The van der Waals surface area contributed by atoms with Gasteiger partial charge in [-0.05, 0) is 27.1 Å². The van der Waals surface area contributed by atoms with Crippen LogP contribution in [-0.4, -0.2) is 33.6 Å². The van der Waals surface area contributed by atoms with Gasteiger partial charge in [0, 0.05) is 8.07 Å². The minimum Gasteiger partial charge on any atom is -0.309 e. The van der Waals surface area contributed by atoms with Crippen LogP contribution in [0.15, 0.2) is 0 Å². The molecule has 0 bridgehead atoms. The van der Waals surface area contributed by atoms with Crippen molar-refractivity contribution in [2.75, 3.05) is 20.6 Å². The highest BCUT2D eigenvalue weighted by atomic mass is 28.3. The summed E-state index contributed by atoms with van der Waals surface area (Å²) in [6, 6.07) is 3.03. The van der Waals surface area contributed by atoms with Gasteiger partial charge in [0.1, 0.15) is 0 Å². The summed E-state index contributed by atoms with van der Waals surface area (Å²) in [5.74, 6) is 0. The Morgan fingerprint density at radius 2 is 1.54 bits per heavy atom. The van der Waals surface area contributed by atoms with Crippen LogP contribution >= 0.6 is 0 Å². The van der Waals surface area contributed by atoms with Crippen molar-refractivity contribution in [1.82, 2.24) is 4.90 Å². The van der Waals surface area contributed by atoms with E-state index in [-0.39, 0.29) is 0 Å². The Morgan fingerprint density at radius 1 is 1.00 bits per heavy atom. The molecule has 0 aromatic rings. The van der Waals surface area contributed by atoms with E-state index in [1.165, 1.54) is 37.9 Å². The van der Waals surface area contributed by atoms with Crippen molar-refractivity contribution in [2.24, 2.45) is 0 Å². The Morgan fingerprint density at radius 3 is 2.00 bits per heavy atom. The first-order chi connectivity index (χ1) is 5.98. The van der Waals surface area contributed by atoms with Crippen LogP contribution in [0.25, 0.3) is 0 Å². The van der Waals surface area contributed by atoms with Crippen LogP contribution in [0, 0.1) is 0 Å². The molecule has 0 aliphatic rings. The second-order valence-electron chi connectivity index (χ2n) is 5.17. The summed E-state index contributed by atoms with van der Waals surface area (Å²) in [4.78, 5) is 2.30. The molecular weight excluding hydrogens is 174 g/mol. The fourth-order valence-corrected chi connectivity index (χ4v) is 4.33. The van der Waals surface area contributed by atoms with Gasteiger partial charge in [-0.1, -0.05) is 44.9 Å². The highest BCUT2D eigenvalue weighted by Crippen LogP contribution is 2.20. The molecule has 80 valence electrons. The molecule has 0 fully saturated rings. The van der Waals surface area contributed by atoms with Gasteiger partial charge in [0.25, 0.3) is 0 Å². The van der Waals surface area contributed by atoms with Crippen molar-refractivity contribution in [3.05, 3.63) is 0 Å². The van der Waals surface area contributed by atoms with Crippen LogP contribution in [0.4, 0.5) is 0 Å². The van der Waals surface area contributed by atoms with E-state index in [2.05, 4.69) is 39.0 Å². The number of rotatable bonds is 7. The second kappa shape index (κ2) is 6.60. The molecule has 0 saturated heterocycles. The van der Waals surface area contributed by atoms with Gasteiger partial charge in [0.15, 0.2) is 0 Å². The highest BCUT2D eigenvalue weighted by molar-refractivity contribution is 6.77. The van der Waals surface area contributed by atoms with Gasteiger partial charge in [0.2, 0.25) is 0 Å². The lowest BCUT2D eigenvalue weighted by atomic mass is 10.4. The van der Waals surface area contributed by atoms with Crippen molar-refractivity contribution in [2.45, 2.75) is 51.4 Å². The fraction of sp³-hybridized carbons (Fsp3) is 1.00. The monoisotopic (exact) mass is 201 g/mol. The first-order valence-corrected chi connectivity index (χ1v) is 9.04. The minimum atomic E-state index is -0.818. The Bertz CT molecular complexity index is 121. The van der Waals surface area contributed by atoms with Gasteiger partial charge in [-0.3, -0.25) is 0 Å². The molecule has 0 amide bonds. The van der Waals surface area contributed by atoms with Crippen molar-refractivity contribution < 1.29 is 0 Å². The molecule has 2 heteroatoms. The van der Waals surface area contributed by atoms with E-state index in [0.717, 1.165) is 0 Å². The molecule has 0 aromatic carbocycles. The molecule has 0 radical (unpaired) electrons. The number of hydrogen-bond acceptors (Lipinski definition) is 1. The zero-order valence-corrected chi connectivity index (χ0v) is 11.2. The Labute approximate surface area is 85.5 Å². The predicted molar refractivity (Wildman–Crippen MR) is 65.2 cm³/mol. The quantitative estimate of drug-likeness (QED) is 0.570. The Hall–Kier alpha value is 0.177. The van der Waals surface area contributed by atoms with Crippen LogP contribution in [0.2, 0.25) is 25.2 Å². The average Bonchev–Trinajstić information content (AvgIpc) is 2.00. The summed E-state index contributed by atoms with van der Waals surface area (Å²) < 4.78 is 0. The van der Waals surface area contributed by atoms with Crippen LogP contribution < -0.4 is 0 Å². The summed E-state index contributed by atoms with van der Waals surface area (Å²) in [6.07, 6.45) is 4.21. The third kappa shape index (κ3) is 8.51. The maximum atomic E-state index is 2.54. The summed E-state index contributed by atoms with van der Waals surface area (Å²) in [5.41, 5.74) is 0.